The third kappa shape index (κ3) is 1.85. The Morgan fingerprint density at radius 3 is 3.08 bits per heavy atom. The van der Waals surface area contributed by atoms with Crippen molar-refractivity contribution in [3.8, 4) is 6.07 Å². The molecule has 1 aromatic heterocycles. The zero-order chi connectivity index (χ0) is 9.84. The van der Waals surface area contributed by atoms with Crippen molar-refractivity contribution in [2.24, 2.45) is 7.05 Å². The quantitative estimate of drug-likeness (QED) is 0.722. The minimum atomic E-state index is -0.121. The number of rotatable bonds is 2. The zero-order valence-corrected chi connectivity index (χ0v) is 7.53. The van der Waals surface area contributed by atoms with Crippen molar-refractivity contribution in [2.75, 3.05) is 5.32 Å². The van der Waals surface area contributed by atoms with Gasteiger partial charge in [0, 0.05) is 13.5 Å². The van der Waals surface area contributed by atoms with Crippen LogP contribution in [0.1, 0.15) is 19.0 Å². The molecule has 1 aromatic rings. The molecule has 1 rings (SSSR count). The highest BCUT2D eigenvalue weighted by Gasteiger charge is 2.09. The summed E-state index contributed by atoms with van der Waals surface area (Å²) in [6.45, 7) is 1.75. The van der Waals surface area contributed by atoms with Crippen LogP contribution >= 0.6 is 0 Å². The van der Waals surface area contributed by atoms with Gasteiger partial charge in [0.25, 0.3) is 0 Å². The summed E-state index contributed by atoms with van der Waals surface area (Å²) >= 11 is 0. The van der Waals surface area contributed by atoms with Gasteiger partial charge in [-0.2, -0.15) is 10.4 Å². The van der Waals surface area contributed by atoms with E-state index in [1.54, 1.807) is 14.0 Å². The highest BCUT2D eigenvalue weighted by molar-refractivity contribution is 5.91. The van der Waals surface area contributed by atoms with Gasteiger partial charge < -0.3 is 5.32 Å². The molecule has 0 spiro atoms. The maximum atomic E-state index is 11.0. The van der Waals surface area contributed by atoms with Crippen LogP contribution in [0.4, 0.5) is 5.69 Å². The molecule has 0 atom stereocenters. The number of nitriles is 1. The first-order valence-electron chi connectivity index (χ1n) is 3.91. The largest absolute Gasteiger partial charge is 0.322 e. The maximum absolute atomic E-state index is 11.0. The van der Waals surface area contributed by atoms with E-state index in [1.165, 1.54) is 10.9 Å². The lowest BCUT2D eigenvalue weighted by atomic mass is 10.3. The molecule has 0 unspecified atom stereocenters. The van der Waals surface area contributed by atoms with E-state index in [0.717, 1.165) is 0 Å². The van der Waals surface area contributed by atoms with E-state index in [2.05, 4.69) is 10.4 Å². The number of hydrogen-bond acceptors (Lipinski definition) is 3. The molecule has 68 valence electrons. The number of nitrogens with zero attached hydrogens (tertiary/aromatic N) is 3. The Morgan fingerprint density at radius 2 is 2.54 bits per heavy atom. The second kappa shape index (κ2) is 3.72. The molecule has 0 aliphatic heterocycles. The van der Waals surface area contributed by atoms with Crippen molar-refractivity contribution in [3.05, 3.63) is 11.9 Å². The van der Waals surface area contributed by atoms with Crippen molar-refractivity contribution in [3.63, 3.8) is 0 Å². The molecule has 0 bridgehead atoms. The molecule has 0 radical (unpaired) electrons. The number of hydrogen-bond donors (Lipinski definition) is 1. The van der Waals surface area contributed by atoms with Crippen LogP contribution in [0.25, 0.3) is 0 Å². The zero-order valence-electron chi connectivity index (χ0n) is 7.53. The Hall–Kier alpha value is -1.83. The molecule has 1 heterocycles. The fourth-order valence-electron chi connectivity index (χ4n) is 0.900. The maximum Gasteiger partial charge on any atom is 0.224 e. The smallest absolute Gasteiger partial charge is 0.224 e. The molecule has 0 aromatic carbocycles. The van der Waals surface area contributed by atoms with Gasteiger partial charge in [-0.15, -0.1) is 0 Å². The normalized spacial score (nSPS) is 9.31. The Kier molecular flexibility index (Phi) is 2.65. The van der Waals surface area contributed by atoms with Gasteiger partial charge in [-0.05, 0) is 0 Å². The lowest BCUT2D eigenvalue weighted by Crippen LogP contribution is -2.10. The Labute approximate surface area is 76.0 Å². The molecule has 0 saturated carbocycles. The van der Waals surface area contributed by atoms with Crippen molar-refractivity contribution < 1.29 is 4.79 Å². The summed E-state index contributed by atoms with van der Waals surface area (Å²) in [6.07, 6.45) is 1.85. The van der Waals surface area contributed by atoms with E-state index in [0.29, 0.717) is 17.8 Å². The van der Waals surface area contributed by atoms with Crippen LogP contribution in [-0.4, -0.2) is 15.7 Å². The monoisotopic (exact) mass is 178 g/mol. The van der Waals surface area contributed by atoms with Crippen molar-refractivity contribution in [1.29, 1.82) is 5.26 Å². The summed E-state index contributed by atoms with van der Waals surface area (Å²) in [5.41, 5.74) is 0.832. The summed E-state index contributed by atoms with van der Waals surface area (Å²) < 4.78 is 1.42. The molecule has 1 amide bonds. The van der Waals surface area contributed by atoms with Gasteiger partial charge >= 0.3 is 0 Å². The lowest BCUT2D eigenvalue weighted by Gasteiger charge is -1.99. The summed E-state index contributed by atoms with van der Waals surface area (Å²) in [5, 5.41) is 15.2. The first kappa shape index (κ1) is 9.26. The highest BCUT2D eigenvalue weighted by atomic mass is 16.1. The summed E-state index contributed by atoms with van der Waals surface area (Å²) in [5.74, 6) is -0.121. The third-order valence-corrected chi connectivity index (χ3v) is 1.64. The van der Waals surface area contributed by atoms with Gasteiger partial charge in [0.1, 0.15) is 6.07 Å². The van der Waals surface area contributed by atoms with E-state index in [4.69, 9.17) is 5.26 Å². The minimum Gasteiger partial charge on any atom is -0.322 e. The number of amides is 1. The molecular weight excluding hydrogens is 168 g/mol. The predicted molar refractivity (Wildman–Crippen MR) is 46.8 cm³/mol. The number of carbonyl (C=O) groups is 1. The molecule has 13 heavy (non-hydrogen) atoms. The molecule has 0 aliphatic rings. The second-order valence-electron chi connectivity index (χ2n) is 2.54. The van der Waals surface area contributed by atoms with Crippen molar-refractivity contribution in [1.82, 2.24) is 9.78 Å². The highest BCUT2D eigenvalue weighted by Crippen LogP contribution is 2.12. The predicted octanol–water partition coefficient (Wildman–Crippen LogP) is 0.640. The summed E-state index contributed by atoms with van der Waals surface area (Å²) in [6, 6.07) is 1.96. The molecule has 1 N–H and O–H groups in total. The van der Waals surface area contributed by atoms with Crippen LogP contribution in [0, 0.1) is 11.3 Å². The standard InChI is InChI=1S/C8H10N4O/c1-3-8(13)11-6-5-10-12(2)7(6)4-9/h5H,3H2,1-2H3,(H,11,13). The fourth-order valence-corrected chi connectivity index (χ4v) is 0.900. The average Bonchev–Trinajstić information content (AvgIpc) is 2.46. The number of carbonyl (C=O) groups excluding carboxylic acids is 1. The fraction of sp³-hybridized carbons (Fsp3) is 0.375. The molecular formula is C8H10N4O. The molecule has 0 saturated heterocycles. The van der Waals surface area contributed by atoms with Gasteiger partial charge in [-0.1, -0.05) is 6.92 Å². The van der Waals surface area contributed by atoms with Gasteiger partial charge in [-0.3, -0.25) is 9.48 Å². The van der Waals surface area contributed by atoms with Crippen LogP contribution in [0.5, 0.6) is 0 Å². The lowest BCUT2D eigenvalue weighted by molar-refractivity contribution is -0.115. The third-order valence-electron chi connectivity index (χ3n) is 1.64. The number of nitrogens with one attached hydrogen (secondary N) is 1. The number of anilines is 1. The topological polar surface area (TPSA) is 70.7 Å². The Balaban J connectivity index is 2.90. The van der Waals surface area contributed by atoms with Gasteiger partial charge in [-0.25, -0.2) is 0 Å². The first-order chi connectivity index (χ1) is 6.19. The minimum absolute atomic E-state index is 0.121. The summed E-state index contributed by atoms with van der Waals surface area (Å²) in [7, 11) is 1.65. The van der Waals surface area contributed by atoms with Gasteiger partial charge in [0.05, 0.1) is 11.9 Å². The summed E-state index contributed by atoms with van der Waals surface area (Å²) in [4.78, 5) is 11.0. The first-order valence-corrected chi connectivity index (χ1v) is 3.91. The van der Waals surface area contributed by atoms with E-state index < -0.39 is 0 Å². The van der Waals surface area contributed by atoms with Crippen molar-refractivity contribution >= 4 is 11.6 Å². The van der Waals surface area contributed by atoms with Crippen molar-refractivity contribution in [2.45, 2.75) is 13.3 Å². The van der Waals surface area contributed by atoms with Crippen LogP contribution in [-0.2, 0) is 11.8 Å². The molecule has 0 aliphatic carbocycles. The van der Waals surface area contributed by atoms with Crippen LogP contribution in [0.3, 0.4) is 0 Å². The van der Waals surface area contributed by atoms with E-state index >= 15 is 0 Å². The second-order valence-corrected chi connectivity index (χ2v) is 2.54. The number of aromatic nitrogens is 2. The molecule has 5 heteroatoms. The van der Waals surface area contributed by atoms with E-state index in [-0.39, 0.29) is 5.91 Å². The Bertz CT molecular complexity index is 361. The van der Waals surface area contributed by atoms with Gasteiger partial charge in [0.15, 0.2) is 5.69 Å². The SMILES string of the molecule is CCC(=O)Nc1cnn(C)c1C#N. The number of aryl methyl sites for hydroxylation is 1. The van der Waals surface area contributed by atoms with Crippen LogP contribution in [0.2, 0.25) is 0 Å². The molecule has 0 fully saturated rings. The van der Waals surface area contributed by atoms with Crippen LogP contribution < -0.4 is 5.32 Å². The van der Waals surface area contributed by atoms with E-state index in [1.807, 2.05) is 6.07 Å². The van der Waals surface area contributed by atoms with Gasteiger partial charge in [0.2, 0.25) is 5.91 Å². The van der Waals surface area contributed by atoms with Crippen LogP contribution in [0.15, 0.2) is 6.20 Å². The average molecular weight is 178 g/mol. The van der Waals surface area contributed by atoms with E-state index in [9.17, 15) is 4.79 Å². The Morgan fingerprint density at radius 1 is 1.85 bits per heavy atom. The molecule has 5 nitrogen and oxygen atoms in total.